The van der Waals surface area contributed by atoms with Crippen LogP contribution in [0.4, 0.5) is 4.39 Å². The molecule has 0 bridgehead atoms. The van der Waals surface area contributed by atoms with Crippen molar-refractivity contribution in [1.82, 2.24) is 14.7 Å². The van der Waals surface area contributed by atoms with E-state index in [1.165, 1.54) is 6.07 Å². The number of imidazole rings is 1. The molecule has 1 saturated heterocycles. The zero-order chi connectivity index (χ0) is 11.0. The number of thioether (sulfide) groups is 1. The lowest BCUT2D eigenvalue weighted by molar-refractivity contribution is 0.516. The van der Waals surface area contributed by atoms with Crippen molar-refractivity contribution >= 4 is 17.3 Å². The minimum absolute atomic E-state index is 0.151. The first-order chi connectivity index (χ1) is 7.86. The number of hydrogen-bond acceptors (Lipinski definition) is 3. The van der Waals surface area contributed by atoms with Crippen molar-refractivity contribution in [3.05, 3.63) is 36.2 Å². The highest BCUT2D eigenvalue weighted by Gasteiger charge is 2.20. The lowest BCUT2D eigenvalue weighted by Crippen LogP contribution is -2.31. The molecule has 1 N–H and O–H groups in total. The van der Waals surface area contributed by atoms with E-state index in [0.717, 1.165) is 29.4 Å². The SMILES string of the molecule is Fc1cccc2cnc(C3CSCCN3)n12. The van der Waals surface area contributed by atoms with Gasteiger partial charge in [-0.25, -0.2) is 4.98 Å². The van der Waals surface area contributed by atoms with Gasteiger partial charge in [0, 0.05) is 18.1 Å². The Kier molecular flexibility index (Phi) is 2.57. The summed E-state index contributed by atoms with van der Waals surface area (Å²) in [6.07, 6.45) is 1.72. The number of pyridine rings is 1. The van der Waals surface area contributed by atoms with E-state index >= 15 is 0 Å². The highest BCUT2D eigenvalue weighted by Crippen LogP contribution is 2.22. The fourth-order valence-corrected chi connectivity index (χ4v) is 2.94. The molecular weight excluding hydrogens is 225 g/mol. The van der Waals surface area contributed by atoms with E-state index in [1.54, 1.807) is 16.7 Å². The van der Waals surface area contributed by atoms with Gasteiger partial charge >= 0.3 is 0 Å². The van der Waals surface area contributed by atoms with Gasteiger partial charge in [0.15, 0.2) is 5.95 Å². The lowest BCUT2D eigenvalue weighted by Gasteiger charge is -2.22. The van der Waals surface area contributed by atoms with Gasteiger partial charge in [-0.1, -0.05) is 6.07 Å². The second-order valence-corrected chi connectivity index (χ2v) is 4.96. The van der Waals surface area contributed by atoms with Gasteiger partial charge in [-0.15, -0.1) is 0 Å². The second kappa shape index (κ2) is 4.07. The van der Waals surface area contributed by atoms with Crippen molar-refractivity contribution < 1.29 is 4.39 Å². The van der Waals surface area contributed by atoms with Crippen molar-refractivity contribution in [1.29, 1.82) is 0 Å². The number of nitrogens with zero attached hydrogens (tertiary/aromatic N) is 2. The molecule has 0 aliphatic carbocycles. The van der Waals surface area contributed by atoms with Crippen molar-refractivity contribution in [2.45, 2.75) is 6.04 Å². The lowest BCUT2D eigenvalue weighted by atomic mass is 10.3. The van der Waals surface area contributed by atoms with E-state index in [9.17, 15) is 4.39 Å². The fraction of sp³-hybridized carbons (Fsp3) is 0.364. The van der Waals surface area contributed by atoms with Gasteiger partial charge < -0.3 is 5.32 Å². The maximum Gasteiger partial charge on any atom is 0.199 e. The summed E-state index contributed by atoms with van der Waals surface area (Å²) in [6.45, 7) is 0.957. The summed E-state index contributed by atoms with van der Waals surface area (Å²) in [5, 5.41) is 3.37. The van der Waals surface area contributed by atoms with E-state index in [4.69, 9.17) is 0 Å². The molecule has 0 saturated carbocycles. The van der Waals surface area contributed by atoms with Crippen molar-refractivity contribution in [2.24, 2.45) is 0 Å². The predicted octanol–water partition coefficient (Wildman–Crippen LogP) is 1.85. The van der Waals surface area contributed by atoms with E-state index in [-0.39, 0.29) is 12.0 Å². The molecule has 3 rings (SSSR count). The smallest absolute Gasteiger partial charge is 0.199 e. The average Bonchev–Trinajstić information content (AvgIpc) is 2.75. The predicted molar refractivity (Wildman–Crippen MR) is 63.2 cm³/mol. The molecule has 0 amide bonds. The van der Waals surface area contributed by atoms with Crippen LogP contribution < -0.4 is 5.32 Å². The molecule has 0 spiro atoms. The third kappa shape index (κ3) is 1.60. The number of hydrogen-bond donors (Lipinski definition) is 1. The molecule has 3 heterocycles. The first-order valence-corrected chi connectivity index (χ1v) is 6.45. The van der Waals surface area contributed by atoms with Crippen molar-refractivity contribution in [3.63, 3.8) is 0 Å². The molecular formula is C11H12FN3S. The van der Waals surface area contributed by atoms with Gasteiger partial charge in [0.25, 0.3) is 0 Å². The number of nitrogens with one attached hydrogen (secondary N) is 1. The van der Waals surface area contributed by atoms with Crippen molar-refractivity contribution in [3.8, 4) is 0 Å². The van der Waals surface area contributed by atoms with Crippen LogP contribution in [0.25, 0.3) is 5.52 Å². The monoisotopic (exact) mass is 237 g/mol. The highest BCUT2D eigenvalue weighted by atomic mass is 32.2. The molecule has 1 aliphatic heterocycles. The molecule has 1 atom stereocenters. The topological polar surface area (TPSA) is 29.3 Å². The fourth-order valence-electron chi connectivity index (χ4n) is 2.01. The highest BCUT2D eigenvalue weighted by molar-refractivity contribution is 7.99. The van der Waals surface area contributed by atoms with Gasteiger partial charge in [0.1, 0.15) is 5.82 Å². The maximum atomic E-state index is 13.7. The maximum absolute atomic E-state index is 13.7. The summed E-state index contributed by atoms with van der Waals surface area (Å²) in [6, 6.07) is 5.20. The number of aromatic nitrogens is 2. The van der Waals surface area contributed by atoms with E-state index in [1.807, 2.05) is 17.8 Å². The molecule has 1 fully saturated rings. The van der Waals surface area contributed by atoms with E-state index < -0.39 is 0 Å². The third-order valence-electron chi connectivity index (χ3n) is 2.76. The van der Waals surface area contributed by atoms with Gasteiger partial charge in [-0.2, -0.15) is 16.2 Å². The summed E-state index contributed by atoms with van der Waals surface area (Å²) >= 11 is 1.88. The van der Waals surface area contributed by atoms with Gasteiger partial charge in [0.2, 0.25) is 0 Å². The summed E-state index contributed by atoms with van der Waals surface area (Å²) in [5.41, 5.74) is 0.812. The van der Waals surface area contributed by atoms with Crippen LogP contribution >= 0.6 is 11.8 Å². The van der Waals surface area contributed by atoms with E-state index in [0.29, 0.717) is 0 Å². The molecule has 0 radical (unpaired) electrons. The van der Waals surface area contributed by atoms with Crippen molar-refractivity contribution in [2.75, 3.05) is 18.1 Å². The molecule has 16 heavy (non-hydrogen) atoms. The standard InChI is InChI=1S/C11H12FN3S/c12-10-3-1-2-8-6-14-11(15(8)10)9-7-16-5-4-13-9/h1-3,6,9,13H,4-5,7H2. The average molecular weight is 237 g/mol. The molecule has 0 aromatic carbocycles. The molecule has 1 unspecified atom stereocenters. The van der Waals surface area contributed by atoms with Crippen LogP contribution in [-0.2, 0) is 0 Å². The first-order valence-electron chi connectivity index (χ1n) is 5.29. The number of halogens is 1. The van der Waals surface area contributed by atoms with Gasteiger partial charge in [-0.05, 0) is 12.1 Å². The van der Waals surface area contributed by atoms with Crippen LogP contribution in [0.2, 0.25) is 0 Å². The summed E-state index contributed by atoms with van der Waals surface area (Å²) in [4.78, 5) is 4.33. The largest absolute Gasteiger partial charge is 0.306 e. The Morgan fingerprint density at radius 3 is 3.25 bits per heavy atom. The Hall–Kier alpha value is -1.07. The zero-order valence-electron chi connectivity index (χ0n) is 8.69. The minimum Gasteiger partial charge on any atom is -0.306 e. The summed E-state index contributed by atoms with van der Waals surface area (Å²) in [5.74, 6) is 2.60. The number of rotatable bonds is 1. The van der Waals surface area contributed by atoms with Crippen LogP contribution in [-0.4, -0.2) is 27.4 Å². The molecule has 2 aromatic heterocycles. The quantitative estimate of drug-likeness (QED) is 0.768. The van der Waals surface area contributed by atoms with Crippen LogP contribution in [0.5, 0.6) is 0 Å². The van der Waals surface area contributed by atoms with Crippen LogP contribution in [0.3, 0.4) is 0 Å². The second-order valence-electron chi connectivity index (χ2n) is 3.81. The normalized spacial score (nSPS) is 21.4. The Bertz CT molecular complexity index is 505. The molecule has 84 valence electrons. The minimum atomic E-state index is -0.248. The molecule has 5 heteroatoms. The zero-order valence-corrected chi connectivity index (χ0v) is 9.51. The Morgan fingerprint density at radius 1 is 1.50 bits per heavy atom. The Labute approximate surface area is 97.1 Å². The molecule has 1 aliphatic rings. The Morgan fingerprint density at radius 2 is 2.44 bits per heavy atom. The van der Waals surface area contributed by atoms with E-state index in [2.05, 4.69) is 10.3 Å². The molecule has 3 nitrogen and oxygen atoms in total. The summed E-state index contributed by atoms with van der Waals surface area (Å²) in [7, 11) is 0. The van der Waals surface area contributed by atoms with Crippen LogP contribution in [0.1, 0.15) is 11.9 Å². The first kappa shape index (κ1) is 10.1. The third-order valence-corrected chi connectivity index (χ3v) is 3.83. The summed E-state index contributed by atoms with van der Waals surface area (Å²) < 4.78 is 15.3. The van der Waals surface area contributed by atoms with Crippen LogP contribution in [0.15, 0.2) is 24.4 Å². The number of fused-ring (bicyclic) bond motifs is 1. The Balaban J connectivity index is 2.09. The van der Waals surface area contributed by atoms with Gasteiger partial charge in [0.05, 0.1) is 17.8 Å². The molecule has 2 aromatic rings. The van der Waals surface area contributed by atoms with Gasteiger partial charge in [-0.3, -0.25) is 4.40 Å². The van der Waals surface area contributed by atoms with Crippen LogP contribution in [0, 0.1) is 5.95 Å².